The molecule has 0 heterocycles. The monoisotopic (exact) mass is 207 g/mol. The molecule has 1 unspecified atom stereocenters. The molecule has 0 aromatic heterocycles. The van der Waals surface area contributed by atoms with E-state index >= 15 is 0 Å². The van der Waals surface area contributed by atoms with Crippen molar-refractivity contribution in [3.8, 4) is 0 Å². The average molecular weight is 208 g/mol. The Labute approximate surface area is 103 Å². The molecule has 1 aromatic carbocycles. The number of benzene rings is 1. The number of carbonyl (C=O) groups excluding carboxylic acids is 1. The zero-order valence-electron chi connectivity index (χ0n) is 7.16. The van der Waals surface area contributed by atoms with Gasteiger partial charge in [-0.2, -0.15) is 0 Å². The molecule has 64 valence electrons. The van der Waals surface area contributed by atoms with Crippen LogP contribution in [0.15, 0.2) is 24.3 Å². The van der Waals surface area contributed by atoms with Crippen LogP contribution in [0.5, 0.6) is 0 Å². The van der Waals surface area contributed by atoms with Crippen LogP contribution in [0, 0.1) is 0 Å². The summed E-state index contributed by atoms with van der Waals surface area (Å²) in [6, 6.07) is 5.36. The van der Waals surface area contributed by atoms with Crippen LogP contribution in [0.1, 0.15) is 11.6 Å². The van der Waals surface area contributed by atoms with Gasteiger partial charge in [-0.3, -0.25) is 0 Å². The summed E-state index contributed by atoms with van der Waals surface area (Å²) >= 11 is 5.69. The fraction of sp³-hybridized carbons (Fsp3) is 0.125. The zero-order chi connectivity index (χ0) is 9.14. The van der Waals surface area contributed by atoms with Crippen LogP contribution in [-0.4, -0.2) is 5.97 Å². The molecule has 0 saturated heterocycles. The minimum atomic E-state index is -1.33. The number of hydrogen-bond acceptors (Lipinski definition) is 3. The molecule has 0 amide bonds. The molecule has 2 N–H and O–H groups in total. The summed E-state index contributed by atoms with van der Waals surface area (Å²) in [5.41, 5.74) is 5.67. The van der Waals surface area contributed by atoms with Crippen LogP contribution in [0.4, 0.5) is 0 Å². The van der Waals surface area contributed by atoms with Gasteiger partial charge in [-0.05, 0) is 11.6 Å². The van der Waals surface area contributed by atoms with Gasteiger partial charge in [-0.15, -0.1) is 0 Å². The van der Waals surface area contributed by atoms with Crippen molar-refractivity contribution >= 4 is 17.6 Å². The Morgan fingerprint density at radius 2 is 2.00 bits per heavy atom. The second kappa shape index (κ2) is 5.62. The fourth-order valence-electron chi connectivity index (χ4n) is 0.854. The molecule has 1 aromatic rings. The second-order valence-electron chi connectivity index (χ2n) is 2.32. The first-order valence-electron chi connectivity index (χ1n) is 3.34. The molecule has 0 aliphatic heterocycles. The fourth-order valence-corrected chi connectivity index (χ4v) is 1.11. The number of carboxylic acids is 1. The third-order valence-electron chi connectivity index (χ3n) is 1.49. The Kier molecular flexibility index (Phi) is 5.60. The maximum Gasteiger partial charge on any atom is 1.00 e. The summed E-state index contributed by atoms with van der Waals surface area (Å²) in [6.45, 7) is 0. The molecule has 0 radical (unpaired) electrons. The first-order valence-corrected chi connectivity index (χ1v) is 3.71. The minimum Gasteiger partial charge on any atom is -0.548 e. The Bertz CT molecular complexity index is 306. The van der Waals surface area contributed by atoms with Crippen LogP contribution >= 0.6 is 11.6 Å². The number of carboxylic acid groups (broad SMARTS) is 1. The van der Waals surface area contributed by atoms with Crippen molar-refractivity contribution in [1.82, 2.24) is 0 Å². The largest absolute Gasteiger partial charge is 1.00 e. The molecule has 1 rings (SSSR count). The van der Waals surface area contributed by atoms with E-state index < -0.39 is 12.0 Å². The van der Waals surface area contributed by atoms with E-state index in [0.29, 0.717) is 10.6 Å². The van der Waals surface area contributed by atoms with Gasteiger partial charge in [0.25, 0.3) is 0 Å². The standard InChI is InChI=1S/C8H8ClNO2.Na/c9-6-4-2-1-3-5(6)7(10)8(11)12;/h1-4,7H,10H2,(H,11,12);/q;+1/p-1. The predicted octanol–water partition coefficient (Wildman–Crippen LogP) is -2.91. The van der Waals surface area contributed by atoms with Gasteiger partial charge in [-0.25, -0.2) is 0 Å². The van der Waals surface area contributed by atoms with Crippen molar-refractivity contribution in [2.24, 2.45) is 5.73 Å². The van der Waals surface area contributed by atoms with Crippen LogP contribution in [0.3, 0.4) is 0 Å². The maximum atomic E-state index is 10.4. The molecule has 1 atom stereocenters. The summed E-state index contributed by atoms with van der Waals surface area (Å²) in [5, 5.41) is 10.7. The van der Waals surface area contributed by atoms with E-state index in [1.165, 1.54) is 0 Å². The van der Waals surface area contributed by atoms with Crippen molar-refractivity contribution < 1.29 is 39.5 Å². The van der Waals surface area contributed by atoms with Crippen LogP contribution < -0.4 is 40.4 Å². The van der Waals surface area contributed by atoms with Gasteiger partial charge < -0.3 is 15.6 Å². The minimum absolute atomic E-state index is 0. The molecule has 13 heavy (non-hydrogen) atoms. The summed E-state index contributed by atoms with van der Waals surface area (Å²) in [7, 11) is 0. The number of halogens is 1. The van der Waals surface area contributed by atoms with E-state index in [0.717, 1.165) is 0 Å². The molecule has 0 aliphatic carbocycles. The Balaban J connectivity index is 0.00000144. The quantitative estimate of drug-likeness (QED) is 0.529. The van der Waals surface area contributed by atoms with Crippen LogP contribution in [-0.2, 0) is 4.79 Å². The molecular formula is C8H7ClNNaO2. The van der Waals surface area contributed by atoms with Gasteiger partial charge in [0.15, 0.2) is 0 Å². The summed E-state index contributed by atoms with van der Waals surface area (Å²) < 4.78 is 0. The first kappa shape index (κ1) is 12.9. The van der Waals surface area contributed by atoms with Gasteiger partial charge in [0.2, 0.25) is 0 Å². The molecule has 3 nitrogen and oxygen atoms in total. The average Bonchev–Trinajstić information content (AvgIpc) is 2.04. The first-order chi connectivity index (χ1) is 5.63. The molecule has 0 spiro atoms. The topological polar surface area (TPSA) is 66.2 Å². The van der Waals surface area contributed by atoms with Crippen LogP contribution in [0.25, 0.3) is 0 Å². The van der Waals surface area contributed by atoms with Gasteiger partial charge >= 0.3 is 29.6 Å². The van der Waals surface area contributed by atoms with Gasteiger partial charge in [0.05, 0.1) is 12.0 Å². The Morgan fingerprint density at radius 1 is 1.46 bits per heavy atom. The molecule has 0 fully saturated rings. The number of carbonyl (C=O) groups is 1. The third kappa shape index (κ3) is 3.29. The van der Waals surface area contributed by atoms with Gasteiger partial charge in [-0.1, -0.05) is 29.8 Å². The molecule has 5 heteroatoms. The number of nitrogens with two attached hydrogens (primary N) is 1. The number of hydrogen-bond donors (Lipinski definition) is 1. The van der Waals surface area contributed by atoms with E-state index in [4.69, 9.17) is 17.3 Å². The molecule has 0 aliphatic rings. The van der Waals surface area contributed by atoms with Crippen molar-refractivity contribution in [2.45, 2.75) is 6.04 Å². The van der Waals surface area contributed by atoms with E-state index in [2.05, 4.69) is 0 Å². The molecule has 0 saturated carbocycles. The Morgan fingerprint density at radius 3 is 2.46 bits per heavy atom. The van der Waals surface area contributed by atoms with Crippen molar-refractivity contribution in [3.63, 3.8) is 0 Å². The zero-order valence-corrected chi connectivity index (χ0v) is 9.91. The maximum absolute atomic E-state index is 10.4. The summed E-state index contributed by atoms with van der Waals surface area (Å²) in [5.74, 6) is -1.33. The normalized spacial score (nSPS) is 11.5. The van der Waals surface area contributed by atoms with E-state index in [1.807, 2.05) is 0 Å². The number of aliphatic carboxylic acids is 1. The van der Waals surface area contributed by atoms with Crippen molar-refractivity contribution in [3.05, 3.63) is 34.9 Å². The Hall–Kier alpha value is -0.0600. The second-order valence-corrected chi connectivity index (χ2v) is 2.73. The van der Waals surface area contributed by atoms with E-state index in [9.17, 15) is 9.90 Å². The summed E-state index contributed by atoms with van der Waals surface area (Å²) in [6.07, 6.45) is 0. The SMILES string of the molecule is NC(C(=O)[O-])c1ccccc1Cl.[Na+]. The third-order valence-corrected chi connectivity index (χ3v) is 1.84. The van der Waals surface area contributed by atoms with Crippen molar-refractivity contribution in [1.29, 1.82) is 0 Å². The number of rotatable bonds is 2. The molecule has 0 bridgehead atoms. The predicted molar refractivity (Wildman–Crippen MR) is 43.4 cm³/mol. The molecular weight excluding hydrogens is 201 g/mol. The summed E-state index contributed by atoms with van der Waals surface area (Å²) in [4.78, 5) is 10.4. The van der Waals surface area contributed by atoms with Gasteiger partial charge in [0, 0.05) is 5.02 Å². The van der Waals surface area contributed by atoms with E-state index in [1.54, 1.807) is 24.3 Å². The smallest absolute Gasteiger partial charge is 0.548 e. The van der Waals surface area contributed by atoms with Gasteiger partial charge in [0.1, 0.15) is 0 Å². The van der Waals surface area contributed by atoms with E-state index in [-0.39, 0.29) is 29.6 Å². The van der Waals surface area contributed by atoms with Crippen LogP contribution in [0.2, 0.25) is 5.02 Å². The van der Waals surface area contributed by atoms with Crippen molar-refractivity contribution in [2.75, 3.05) is 0 Å².